The van der Waals surface area contributed by atoms with Crippen LogP contribution in [0.15, 0.2) is 84.5 Å². The third-order valence-electron chi connectivity index (χ3n) is 4.20. The lowest BCUT2D eigenvalue weighted by molar-refractivity contribution is -0.148. The summed E-state index contributed by atoms with van der Waals surface area (Å²) >= 11 is 0. The number of rotatable bonds is 6. The first-order valence-corrected chi connectivity index (χ1v) is 9.07. The molecule has 0 amide bonds. The summed E-state index contributed by atoms with van der Waals surface area (Å²) in [6.07, 6.45) is 3.26. The standard InChI is InChI=1S/C23H20O6/c1-16(24)28-20-14-8-13-19(15-27-22(25)17-9-4-2-5-10-17)21(20)29-23(26)18-11-6-3-7-12-18/h2-14,20-21H,15H2,1H3. The minimum absolute atomic E-state index is 0.109. The molecule has 0 fully saturated rings. The molecule has 0 heterocycles. The second-order valence-corrected chi connectivity index (χ2v) is 6.33. The molecule has 6 nitrogen and oxygen atoms in total. The Morgan fingerprint density at radius 2 is 1.41 bits per heavy atom. The van der Waals surface area contributed by atoms with Crippen molar-refractivity contribution in [1.82, 2.24) is 0 Å². The fourth-order valence-corrected chi connectivity index (χ4v) is 2.83. The Balaban J connectivity index is 1.74. The van der Waals surface area contributed by atoms with Gasteiger partial charge in [-0.15, -0.1) is 0 Å². The van der Waals surface area contributed by atoms with Gasteiger partial charge in [0.2, 0.25) is 0 Å². The summed E-state index contributed by atoms with van der Waals surface area (Å²) < 4.78 is 16.3. The Bertz CT molecular complexity index is 930. The summed E-state index contributed by atoms with van der Waals surface area (Å²) in [7, 11) is 0. The van der Waals surface area contributed by atoms with E-state index in [2.05, 4.69) is 0 Å². The number of benzene rings is 2. The second kappa shape index (κ2) is 9.50. The van der Waals surface area contributed by atoms with Crippen LogP contribution < -0.4 is 0 Å². The summed E-state index contributed by atoms with van der Waals surface area (Å²) in [6.45, 7) is 1.17. The van der Waals surface area contributed by atoms with E-state index in [1.54, 1.807) is 78.9 Å². The SMILES string of the molecule is CC(=O)OC1C=CC=C(COC(=O)c2ccccc2)C1OC(=O)c1ccccc1. The van der Waals surface area contributed by atoms with Gasteiger partial charge in [0.05, 0.1) is 11.1 Å². The Kier molecular flexibility index (Phi) is 6.58. The summed E-state index contributed by atoms with van der Waals surface area (Å²) in [6, 6.07) is 17.0. The van der Waals surface area contributed by atoms with E-state index < -0.39 is 30.1 Å². The summed E-state index contributed by atoms with van der Waals surface area (Å²) in [5.74, 6) is -1.58. The van der Waals surface area contributed by atoms with E-state index in [9.17, 15) is 14.4 Å². The quantitative estimate of drug-likeness (QED) is 0.553. The Morgan fingerprint density at radius 1 is 0.828 bits per heavy atom. The highest BCUT2D eigenvalue weighted by Gasteiger charge is 2.32. The van der Waals surface area contributed by atoms with Gasteiger partial charge in [-0.25, -0.2) is 9.59 Å². The smallest absolute Gasteiger partial charge is 0.338 e. The van der Waals surface area contributed by atoms with Gasteiger partial charge in [-0.2, -0.15) is 0 Å². The minimum atomic E-state index is -0.903. The number of hydrogen-bond acceptors (Lipinski definition) is 6. The lowest BCUT2D eigenvalue weighted by Crippen LogP contribution is -2.38. The monoisotopic (exact) mass is 392 g/mol. The largest absolute Gasteiger partial charge is 0.457 e. The fourth-order valence-electron chi connectivity index (χ4n) is 2.83. The molecule has 0 aromatic heterocycles. The molecule has 148 valence electrons. The normalized spacial score (nSPS) is 17.8. The van der Waals surface area contributed by atoms with Crippen molar-refractivity contribution in [1.29, 1.82) is 0 Å². The summed E-state index contributed by atoms with van der Waals surface area (Å²) in [5.41, 5.74) is 1.28. The van der Waals surface area contributed by atoms with Gasteiger partial charge in [-0.3, -0.25) is 4.79 Å². The molecule has 0 spiro atoms. The predicted octanol–water partition coefficient (Wildman–Crippen LogP) is 3.50. The van der Waals surface area contributed by atoms with Crippen molar-refractivity contribution in [2.75, 3.05) is 6.61 Å². The highest BCUT2D eigenvalue weighted by molar-refractivity contribution is 5.90. The predicted molar refractivity (Wildman–Crippen MR) is 105 cm³/mol. The van der Waals surface area contributed by atoms with Crippen LogP contribution in [0.4, 0.5) is 0 Å². The van der Waals surface area contributed by atoms with Crippen LogP contribution in [0.5, 0.6) is 0 Å². The first kappa shape index (κ1) is 20.1. The van der Waals surface area contributed by atoms with E-state index in [0.29, 0.717) is 16.7 Å². The molecule has 0 bridgehead atoms. The van der Waals surface area contributed by atoms with Crippen molar-refractivity contribution in [3.63, 3.8) is 0 Å². The third-order valence-corrected chi connectivity index (χ3v) is 4.20. The number of hydrogen-bond donors (Lipinski definition) is 0. The molecule has 0 saturated carbocycles. The molecule has 2 aromatic carbocycles. The van der Waals surface area contributed by atoms with Crippen LogP contribution in [0.25, 0.3) is 0 Å². The maximum atomic E-state index is 12.5. The van der Waals surface area contributed by atoms with E-state index in [0.717, 1.165) is 0 Å². The molecule has 0 aliphatic heterocycles. The van der Waals surface area contributed by atoms with Gasteiger partial charge in [0.1, 0.15) is 6.61 Å². The number of allylic oxidation sites excluding steroid dienone is 2. The number of esters is 3. The molecule has 0 N–H and O–H groups in total. The zero-order valence-electron chi connectivity index (χ0n) is 15.8. The maximum absolute atomic E-state index is 12.5. The van der Waals surface area contributed by atoms with Crippen LogP contribution in [0.1, 0.15) is 27.6 Å². The minimum Gasteiger partial charge on any atom is -0.457 e. The molecular formula is C23H20O6. The van der Waals surface area contributed by atoms with Crippen molar-refractivity contribution in [3.8, 4) is 0 Å². The van der Waals surface area contributed by atoms with Crippen LogP contribution in [0.3, 0.4) is 0 Å². The van der Waals surface area contributed by atoms with Gasteiger partial charge in [-0.1, -0.05) is 48.6 Å². The molecular weight excluding hydrogens is 372 g/mol. The van der Waals surface area contributed by atoms with Crippen molar-refractivity contribution >= 4 is 17.9 Å². The second-order valence-electron chi connectivity index (χ2n) is 6.33. The highest BCUT2D eigenvalue weighted by atomic mass is 16.6. The first-order chi connectivity index (χ1) is 14.0. The lowest BCUT2D eigenvalue weighted by Gasteiger charge is -2.28. The molecule has 2 aromatic rings. The van der Waals surface area contributed by atoms with Crippen molar-refractivity contribution in [2.45, 2.75) is 19.1 Å². The average Bonchev–Trinajstić information content (AvgIpc) is 2.74. The van der Waals surface area contributed by atoms with E-state index in [4.69, 9.17) is 14.2 Å². The van der Waals surface area contributed by atoms with Gasteiger partial charge in [0.15, 0.2) is 12.2 Å². The van der Waals surface area contributed by atoms with Crippen LogP contribution in [0.2, 0.25) is 0 Å². The molecule has 0 radical (unpaired) electrons. The van der Waals surface area contributed by atoms with Crippen LogP contribution >= 0.6 is 0 Å². The van der Waals surface area contributed by atoms with Crippen molar-refractivity contribution in [3.05, 3.63) is 95.6 Å². The Morgan fingerprint density at radius 3 is 2.00 bits per heavy atom. The fraction of sp³-hybridized carbons (Fsp3) is 0.174. The van der Waals surface area contributed by atoms with Crippen LogP contribution in [-0.2, 0) is 19.0 Å². The van der Waals surface area contributed by atoms with Crippen LogP contribution in [0, 0.1) is 0 Å². The average molecular weight is 392 g/mol. The van der Waals surface area contributed by atoms with Gasteiger partial charge in [0, 0.05) is 12.5 Å². The molecule has 1 aliphatic rings. The van der Waals surface area contributed by atoms with Crippen molar-refractivity contribution in [2.24, 2.45) is 0 Å². The number of carbonyl (C=O) groups is 3. The Hall–Kier alpha value is -3.67. The number of ether oxygens (including phenoxy) is 3. The van der Waals surface area contributed by atoms with Gasteiger partial charge in [-0.05, 0) is 30.3 Å². The number of carbonyl (C=O) groups excluding carboxylic acids is 3. The topological polar surface area (TPSA) is 78.9 Å². The van der Waals surface area contributed by atoms with Gasteiger partial charge < -0.3 is 14.2 Å². The highest BCUT2D eigenvalue weighted by Crippen LogP contribution is 2.23. The molecule has 29 heavy (non-hydrogen) atoms. The van der Waals surface area contributed by atoms with Gasteiger partial charge in [0.25, 0.3) is 0 Å². The zero-order valence-corrected chi connectivity index (χ0v) is 15.8. The van der Waals surface area contributed by atoms with E-state index in [1.165, 1.54) is 6.92 Å². The van der Waals surface area contributed by atoms with Gasteiger partial charge >= 0.3 is 17.9 Å². The van der Waals surface area contributed by atoms with Crippen molar-refractivity contribution < 1.29 is 28.6 Å². The molecule has 0 saturated heterocycles. The molecule has 2 unspecified atom stereocenters. The van der Waals surface area contributed by atoms with Crippen LogP contribution in [-0.4, -0.2) is 36.7 Å². The van der Waals surface area contributed by atoms with E-state index in [-0.39, 0.29) is 6.61 Å². The lowest BCUT2D eigenvalue weighted by atomic mass is 9.99. The zero-order chi connectivity index (χ0) is 20.6. The van der Waals surface area contributed by atoms with E-state index in [1.807, 2.05) is 0 Å². The molecule has 6 heteroatoms. The molecule has 3 rings (SSSR count). The Labute approximate surface area is 168 Å². The molecule has 1 aliphatic carbocycles. The van der Waals surface area contributed by atoms with E-state index >= 15 is 0 Å². The summed E-state index contributed by atoms with van der Waals surface area (Å²) in [4.78, 5) is 36.2. The molecule has 2 atom stereocenters. The third kappa shape index (κ3) is 5.42. The summed E-state index contributed by atoms with van der Waals surface area (Å²) in [5, 5.41) is 0. The first-order valence-electron chi connectivity index (χ1n) is 9.07. The maximum Gasteiger partial charge on any atom is 0.338 e.